The number of rotatable bonds is 2. The average molecular weight is 127 g/mol. The summed E-state index contributed by atoms with van der Waals surface area (Å²) in [7, 11) is 0. The molecule has 1 rings (SSSR count). The second-order valence-corrected chi connectivity index (χ2v) is 2.96. The minimum Gasteiger partial charge on any atom is -0.513 e. The van der Waals surface area contributed by atoms with Crippen LogP contribution in [0.5, 0.6) is 0 Å². The van der Waals surface area contributed by atoms with Crippen molar-refractivity contribution in [3.05, 3.63) is 12.3 Å². The van der Waals surface area contributed by atoms with Gasteiger partial charge in [-0.3, -0.25) is 0 Å². The highest BCUT2D eigenvalue weighted by molar-refractivity contribution is 5.00. The van der Waals surface area contributed by atoms with Crippen molar-refractivity contribution in [2.75, 3.05) is 0 Å². The highest BCUT2D eigenvalue weighted by Crippen LogP contribution is 2.33. The Balaban J connectivity index is 2.33. The van der Waals surface area contributed by atoms with Gasteiger partial charge in [-0.25, -0.2) is 0 Å². The van der Waals surface area contributed by atoms with E-state index < -0.39 is 0 Å². The Bertz CT molecular complexity index is 127. The van der Waals surface area contributed by atoms with Crippen LogP contribution < -0.4 is 5.73 Å². The lowest BCUT2D eigenvalue weighted by Gasteiger charge is -2.37. The van der Waals surface area contributed by atoms with Gasteiger partial charge in [0.1, 0.15) is 0 Å². The first kappa shape index (κ1) is 6.62. The molecular formula is C7H13NO. The van der Waals surface area contributed by atoms with Gasteiger partial charge in [0.15, 0.2) is 0 Å². The molecule has 0 heterocycles. The monoisotopic (exact) mass is 127 g/mol. The van der Waals surface area contributed by atoms with Crippen molar-refractivity contribution < 1.29 is 5.11 Å². The van der Waals surface area contributed by atoms with Crippen molar-refractivity contribution in [1.82, 2.24) is 0 Å². The minimum absolute atomic E-state index is 0.105. The summed E-state index contributed by atoms with van der Waals surface area (Å²) in [6.45, 7) is 3.40. The molecule has 1 aliphatic carbocycles. The molecule has 0 radical (unpaired) electrons. The fourth-order valence-corrected chi connectivity index (χ4v) is 1.21. The fraction of sp³-hybridized carbons (Fsp3) is 0.714. The lowest BCUT2D eigenvalue weighted by atomic mass is 9.75. The van der Waals surface area contributed by atoms with Crippen LogP contribution in [0.1, 0.15) is 25.7 Å². The molecule has 0 amide bonds. The molecule has 1 saturated carbocycles. The minimum atomic E-state index is -0.105. The Morgan fingerprint density at radius 2 is 2.22 bits per heavy atom. The van der Waals surface area contributed by atoms with E-state index in [9.17, 15) is 0 Å². The van der Waals surface area contributed by atoms with E-state index in [0.717, 1.165) is 12.8 Å². The average Bonchev–Trinajstić information content (AvgIpc) is 1.60. The molecule has 0 saturated heterocycles. The Labute approximate surface area is 55.4 Å². The van der Waals surface area contributed by atoms with Crippen LogP contribution in [0.4, 0.5) is 0 Å². The SMILES string of the molecule is C=C(O)CC1(N)CCC1. The molecule has 0 aliphatic heterocycles. The Kier molecular flexibility index (Phi) is 1.49. The summed E-state index contributed by atoms with van der Waals surface area (Å²) in [5.74, 6) is 0.220. The molecule has 0 aromatic carbocycles. The maximum Gasteiger partial charge on any atom is 0.0869 e. The first-order chi connectivity index (χ1) is 4.12. The van der Waals surface area contributed by atoms with Crippen LogP contribution in [0.15, 0.2) is 12.3 Å². The zero-order chi connectivity index (χ0) is 6.91. The molecule has 3 N–H and O–H groups in total. The van der Waals surface area contributed by atoms with Crippen molar-refractivity contribution in [1.29, 1.82) is 0 Å². The smallest absolute Gasteiger partial charge is 0.0869 e. The van der Waals surface area contributed by atoms with Crippen molar-refractivity contribution in [2.45, 2.75) is 31.2 Å². The van der Waals surface area contributed by atoms with Gasteiger partial charge in [-0.05, 0) is 19.3 Å². The van der Waals surface area contributed by atoms with Crippen LogP contribution in [0, 0.1) is 0 Å². The quantitative estimate of drug-likeness (QED) is 0.550. The van der Waals surface area contributed by atoms with Gasteiger partial charge >= 0.3 is 0 Å². The van der Waals surface area contributed by atoms with Crippen molar-refractivity contribution in [3.63, 3.8) is 0 Å². The van der Waals surface area contributed by atoms with E-state index in [0.29, 0.717) is 6.42 Å². The Morgan fingerprint density at radius 3 is 2.33 bits per heavy atom. The van der Waals surface area contributed by atoms with E-state index in [1.54, 1.807) is 0 Å². The van der Waals surface area contributed by atoms with E-state index >= 15 is 0 Å². The Hall–Kier alpha value is -0.500. The molecule has 0 bridgehead atoms. The van der Waals surface area contributed by atoms with Crippen LogP contribution in [0.3, 0.4) is 0 Å². The molecule has 0 aromatic rings. The largest absolute Gasteiger partial charge is 0.513 e. The summed E-state index contributed by atoms with van der Waals surface area (Å²) in [6, 6.07) is 0. The topological polar surface area (TPSA) is 46.2 Å². The van der Waals surface area contributed by atoms with E-state index in [1.165, 1.54) is 6.42 Å². The van der Waals surface area contributed by atoms with Gasteiger partial charge in [0, 0.05) is 12.0 Å². The van der Waals surface area contributed by atoms with Crippen LogP contribution in [0.25, 0.3) is 0 Å². The first-order valence-corrected chi connectivity index (χ1v) is 3.28. The molecule has 0 spiro atoms. The number of hydrogen-bond acceptors (Lipinski definition) is 2. The van der Waals surface area contributed by atoms with Gasteiger partial charge < -0.3 is 10.8 Å². The van der Waals surface area contributed by atoms with E-state index in [4.69, 9.17) is 10.8 Å². The third-order valence-electron chi connectivity index (χ3n) is 1.91. The van der Waals surface area contributed by atoms with Crippen molar-refractivity contribution in [2.24, 2.45) is 5.73 Å². The number of aliphatic hydroxyl groups is 1. The maximum atomic E-state index is 8.78. The number of nitrogens with two attached hydrogens (primary N) is 1. The predicted octanol–water partition coefficient (Wildman–Crippen LogP) is 1.33. The third-order valence-corrected chi connectivity index (χ3v) is 1.91. The molecule has 2 heteroatoms. The standard InChI is InChI=1S/C7H13NO/c1-6(9)5-7(8)3-2-4-7/h9H,1-5,8H2. The normalized spacial score (nSPS) is 22.8. The Morgan fingerprint density at radius 1 is 1.67 bits per heavy atom. The van der Waals surface area contributed by atoms with Gasteiger partial charge in [0.25, 0.3) is 0 Å². The molecule has 52 valence electrons. The molecule has 1 aliphatic rings. The highest BCUT2D eigenvalue weighted by atomic mass is 16.3. The number of hydrogen-bond donors (Lipinski definition) is 2. The summed E-state index contributed by atoms with van der Waals surface area (Å²) in [5, 5.41) is 8.78. The number of aliphatic hydroxyl groups excluding tert-OH is 1. The summed E-state index contributed by atoms with van der Waals surface area (Å²) in [5.41, 5.74) is 5.68. The maximum absolute atomic E-state index is 8.78. The summed E-state index contributed by atoms with van der Waals surface area (Å²) >= 11 is 0. The molecule has 0 unspecified atom stereocenters. The molecule has 1 fully saturated rings. The second kappa shape index (κ2) is 2.03. The molecule has 2 nitrogen and oxygen atoms in total. The predicted molar refractivity (Wildman–Crippen MR) is 37.2 cm³/mol. The first-order valence-electron chi connectivity index (χ1n) is 3.28. The van der Waals surface area contributed by atoms with Gasteiger partial charge in [-0.2, -0.15) is 0 Å². The van der Waals surface area contributed by atoms with Crippen LogP contribution >= 0.6 is 0 Å². The van der Waals surface area contributed by atoms with E-state index in [1.807, 2.05) is 0 Å². The zero-order valence-electron chi connectivity index (χ0n) is 5.56. The molecule has 0 aromatic heterocycles. The highest BCUT2D eigenvalue weighted by Gasteiger charge is 2.32. The zero-order valence-corrected chi connectivity index (χ0v) is 5.56. The van der Waals surface area contributed by atoms with E-state index in [2.05, 4.69) is 6.58 Å². The van der Waals surface area contributed by atoms with Crippen LogP contribution in [-0.4, -0.2) is 10.6 Å². The second-order valence-electron chi connectivity index (χ2n) is 2.96. The summed E-state index contributed by atoms with van der Waals surface area (Å²) in [6.07, 6.45) is 3.84. The summed E-state index contributed by atoms with van der Waals surface area (Å²) < 4.78 is 0. The summed E-state index contributed by atoms with van der Waals surface area (Å²) in [4.78, 5) is 0. The van der Waals surface area contributed by atoms with Crippen molar-refractivity contribution in [3.8, 4) is 0 Å². The van der Waals surface area contributed by atoms with Gasteiger partial charge in [0.2, 0.25) is 0 Å². The molecule has 0 atom stereocenters. The molecular weight excluding hydrogens is 114 g/mol. The fourth-order valence-electron chi connectivity index (χ4n) is 1.21. The van der Waals surface area contributed by atoms with Gasteiger partial charge in [-0.1, -0.05) is 6.58 Å². The van der Waals surface area contributed by atoms with Crippen LogP contribution in [0.2, 0.25) is 0 Å². The third kappa shape index (κ3) is 1.45. The molecule has 9 heavy (non-hydrogen) atoms. The van der Waals surface area contributed by atoms with E-state index in [-0.39, 0.29) is 11.3 Å². The van der Waals surface area contributed by atoms with Crippen molar-refractivity contribution >= 4 is 0 Å². The lowest BCUT2D eigenvalue weighted by molar-refractivity contribution is 0.216. The van der Waals surface area contributed by atoms with Crippen LogP contribution in [-0.2, 0) is 0 Å². The van der Waals surface area contributed by atoms with Gasteiger partial charge in [-0.15, -0.1) is 0 Å². The lowest BCUT2D eigenvalue weighted by Crippen LogP contribution is -2.46. The van der Waals surface area contributed by atoms with Gasteiger partial charge in [0.05, 0.1) is 5.76 Å².